The second-order valence-corrected chi connectivity index (χ2v) is 11.8. The maximum atomic E-state index is 13.6. The minimum absolute atomic E-state index is 0.163. The van der Waals surface area contributed by atoms with Crippen molar-refractivity contribution in [3.8, 4) is 10.6 Å². The summed E-state index contributed by atoms with van der Waals surface area (Å²) in [6.07, 6.45) is 6.96. The molecule has 11 heteroatoms. The van der Waals surface area contributed by atoms with Gasteiger partial charge in [0.2, 0.25) is 5.91 Å². The summed E-state index contributed by atoms with van der Waals surface area (Å²) >= 11 is 1.63. The number of hydrogen-bond acceptors (Lipinski definition) is 8. The minimum atomic E-state index is -0.777. The van der Waals surface area contributed by atoms with E-state index in [0.717, 1.165) is 58.2 Å². The van der Waals surface area contributed by atoms with Gasteiger partial charge in [0.25, 0.3) is 11.8 Å². The van der Waals surface area contributed by atoms with Gasteiger partial charge in [0, 0.05) is 75.3 Å². The molecular weight excluding hydrogens is 543 g/mol. The number of piperazine rings is 1. The van der Waals surface area contributed by atoms with Crippen molar-refractivity contribution in [2.24, 2.45) is 0 Å². The molecule has 41 heavy (non-hydrogen) atoms. The van der Waals surface area contributed by atoms with Crippen LogP contribution in [0.3, 0.4) is 0 Å². The average Bonchev–Trinajstić information content (AvgIpc) is 3.71. The Balaban J connectivity index is 0.980. The van der Waals surface area contributed by atoms with Crippen molar-refractivity contribution in [3.05, 3.63) is 48.7 Å². The SMILES string of the molecule is O=C(CCCCCN1C(=O)C=CC1=O)N1CCN(c2ccc3nc(-c4ccc(N5CC[C@@H](F)C5)nc4)sc3c2)CC1. The van der Waals surface area contributed by atoms with Gasteiger partial charge < -0.3 is 14.7 Å². The van der Waals surface area contributed by atoms with Crippen LogP contribution >= 0.6 is 11.3 Å². The van der Waals surface area contributed by atoms with Gasteiger partial charge in [0.15, 0.2) is 0 Å². The van der Waals surface area contributed by atoms with E-state index >= 15 is 0 Å². The summed E-state index contributed by atoms with van der Waals surface area (Å²) in [5, 5.41) is 0.909. The summed E-state index contributed by atoms with van der Waals surface area (Å²) in [5.74, 6) is 0.466. The van der Waals surface area contributed by atoms with E-state index in [2.05, 4.69) is 28.1 Å². The lowest BCUT2D eigenvalue weighted by molar-refractivity contribution is -0.137. The fraction of sp³-hybridized carbons (Fsp3) is 0.433. The summed E-state index contributed by atoms with van der Waals surface area (Å²) in [4.78, 5) is 52.8. The molecular formula is C30H33FN6O3S. The topological polar surface area (TPSA) is 90.0 Å². The van der Waals surface area contributed by atoms with E-state index in [1.54, 1.807) is 11.3 Å². The molecule has 1 atom stereocenters. The van der Waals surface area contributed by atoms with Gasteiger partial charge >= 0.3 is 0 Å². The van der Waals surface area contributed by atoms with Gasteiger partial charge in [-0.25, -0.2) is 14.4 Å². The number of anilines is 2. The highest BCUT2D eigenvalue weighted by molar-refractivity contribution is 7.21. The Morgan fingerprint density at radius 3 is 2.46 bits per heavy atom. The van der Waals surface area contributed by atoms with Gasteiger partial charge in [0.1, 0.15) is 17.0 Å². The first-order chi connectivity index (χ1) is 19.9. The molecule has 2 fully saturated rings. The molecule has 2 saturated heterocycles. The Kier molecular flexibility index (Phi) is 7.95. The van der Waals surface area contributed by atoms with Crippen molar-refractivity contribution in [3.63, 3.8) is 0 Å². The number of fused-ring (bicyclic) bond motifs is 1. The van der Waals surface area contributed by atoms with Crippen molar-refractivity contribution in [2.45, 2.75) is 38.3 Å². The number of nitrogens with zero attached hydrogens (tertiary/aromatic N) is 6. The first kappa shape index (κ1) is 27.3. The largest absolute Gasteiger partial charge is 0.368 e. The molecule has 0 bridgehead atoms. The van der Waals surface area contributed by atoms with Crippen LogP contribution in [0, 0.1) is 0 Å². The standard InChI is InChI=1S/C30H33FN6O3S/c31-22-11-13-36(20-22)26-8-5-21(19-32-26)30-33-24-7-6-23(18-25(24)41-30)34-14-16-35(17-15-34)27(38)4-2-1-3-12-37-28(39)9-10-29(37)40/h5-10,18-19,22H,1-4,11-17,20H2/t22-/m1/s1. The molecule has 3 aliphatic rings. The summed E-state index contributed by atoms with van der Waals surface area (Å²) in [5.41, 5.74) is 3.03. The van der Waals surface area contributed by atoms with Crippen molar-refractivity contribution >= 4 is 50.8 Å². The molecule has 2 aromatic heterocycles. The van der Waals surface area contributed by atoms with E-state index in [-0.39, 0.29) is 17.7 Å². The number of carbonyl (C=O) groups excluding carboxylic acids is 3. The Hall–Kier alpha value is -3.86. The van der Waals surface area contributed by atoms with Gasteiger partial charge in [-0.3, -0.25) is 19.3 Å². The minimum Gasteiger partial charge on any atom is -0.368 e. The van der Waals surface area contributed by atoms with Gasteiger partial charge in [-0.05, 0) is 49.6 Å². The van der Waals surface area contributed by atoms with Crippen LogP contribution in [-0.4, -0.2) is 89.5 Å². The highest BCUT2D eigenvalue weighted by Gasteiger charge is 2.25. The lowest BCUT2D eigenvalue weighted by Crippen LogP contribution is -2.48. The third kappa shape index (κ3) is 6.09. The monoisotopic (exact) mass is 576 g/mol. The molecule has 214 valence electrons. The van der Waals surface area contributed by atoms with Crippen LogP contribution in [0.4, 0.5) is 15.9 Å². The fourth-order valence-corrected chi connectivity index (χ4v) is 6.59. The molecule has 0 aliphatic carbocycles. The smallest absolute Gasteiger partial charge is 0.253 e. The lowest BCUT2D eigenvalue weighted by atomic mass is 10.1. The van der Waals surface area contributed by atoms with Gasteiger partial charge in [-0.1, -0.05) is 6.42 Å². The number of thiazole rings is 1. The zero-order valence-electron chi connectivity index (χ0n) is 22.9. The van der Waals surface area contributed by atoms with Crippen LogP contribution in [0.5, 0.6) is 0 Å². The first-order valence-electron chi connectivity index (χ1n) is 14.3. The highest BCUT2D eigenvalue weighted by Crippen LogP contribution is 2.33. The van der Waals surface area contributed by atoms with E-state index in [0.29, 0.717) is 52.0 Å². The molecule has 0 radical (unpaired) electrons. The molecule has 0 N–H and O–H groups in total. The third-order valence-corrected chi connectivity index (χ3v) is 9.06. The molecule has 9 nitrogen and oxygen atoms in total. The number of amides is 3. The summed E-state index contributed by atoms with van der Waals surface area (Å²) in [7, 11) is 0. The number of pyridine rings is 1. The van der Waals surface area contributed by atoms with Crippen molar-refractivity contribution in [2.75, 3.05) is 55.6 Å². The third-order valence-electron chi connectivity index (χ3n) is 7.99. The number of hydrogen-bond donors (Lipinski definition) is 0. The molecule has 3 aliphatic heterocycles. The van der Waals surface area contributed by atoms with Gasteiger partial charge in [0.05, 0.1) is 16.8 Å². The number of alkyl halides is 1. The number of rotatable bonds is 9. The van der Waals surface area contributed by atoms with E-state index in [1.807, 2.05) is 28.1 Å². The number of benzene rings is 1. The Morgan fingerprint density at radius 1 is 0.951 bits per heavy atom. The van der Waals surface area contributed by atoms with Crippen molar-refractivity contribution in [1.29, 1.82) is 0 Å². The van der Waals surface area contributed by atoms with E-state index in [9.17, 15) is 18.8 Å². The molecule has 0 spiro atoms. The molecule has 3 amide bonds. The van der Waals surface area contributed by atoms with Gasteiger partial charge in [-0.2, -0.15) is 0 Å². The van der Waals surface area contributed by atoms with Crippen LogP contribution in [0.1, 0.15) is 32.1 Å². The summed E-state index contributed by atoms with van der Waals surface area (Å²) < 4.78 is 14.7. The number of halogens is 1. The van der Waals surface area contributed by atoms with Crippen LogP contribution < -0.4 is 9.80 Å². The Labute approximate surface area is 242 Å². The molecule has 6 rings (SSSR count). The normalized spacial score (nSPS) is 19.3. The molecule has 1 aromatic carbocycles. The molecule has 3 aromatic rings. The summed E-state index contributed by atoms with van der Waals surface area (Å²) in [6, 6.07) is 10.3. The van der Waals surface area contributed by atoms with Crippen LogP contribution in [0.15, 0.2) is 48.7 Å². The Morgan fingerprint density at radius 2 is 1.76 bits per heavy atom. The lowest BCUT2D eigenvalue weighted by Gasteiger charge is -2.36. The van der Waals surface area contributed by atoms with Crippen molar-refractivity contribution in [1.82, 2.24) is 19.8 Å². The summed E-state index contributed by atoms with van der Waals surface area (Å²) in [6.45, 7) is 4.44. The second-order valence-electron chi connectivity index (χ2n) is 10.7. The molecule has 0 unspecified atom stereocenters. The van der Waals surface area contributed by atoms with Crippen LogP contribution in [-0.2, 0) is 14.4 Å². The fourth-order valence-electron chi connectivity index (χ4n) is 5.61. The van der Waals surface area contributed by atoms with Crippen LogP contribution in [0.25, 0.3) is 20.8 Å². The zero-order valence-corrected chi connectivity index (χ0v) is 23.7. The van der Waals surface area contributed by atoms with E-state index < -0.39 is 6.17 Å². The Bertz CT molecular complexity index is 1450. The van der Waals surface area contributed by atoms with Gasteiger partial charge in [-0.15, -0.1) is 11.3 Å². The maximum absolute atomic E-state index is 13.6. The molecule has 5 heterocycles. The average molecular weight is 577 g/mol. The maximum Gasteiger partial charge on any atom is 0.253 e. The van der Waals surface area contributed by atoms with E-state index in [4.69, 9.17) is 4.98 Å². The predicted molar refractivity (Wildman–Crippen MR) is 158 cm³/mol. The van der Waals surface area contributed by atoms with Crippen molar-refractivity contribution < 1.29 is 18.8 Å². The highest BCUT2D eigenvalue weighted by atomic mass is 32.1. The number of imide groups is 1. The van der Waals surface area contributed by atoms with Crippen LogP contribution in [0.2, 0.25) is 0 Å². The van der Waals surface area contributed by atoms with E-state index in [1.165, 1.54) is 17.1 Å². The quantitative estimate of drug-likeness (QED) is 0.281. The number of unbranched alkanes of at least 4 members (excludes halogenated alkanes) is 2. The first-order valence-corrected chi connectivity index (χ1v) is 15.1. The predicted octanol–water partition coefficient (Wildman–Crippen LogP) is 4.04. The number of aromatic nitrogens is 2. The number of carbonyl (C=O) groups is 3. The zero-order chi connectivity index (χ0) is 28.3. The second kappa shape index (κ2) is 11.9. The molecule has 0 saturated carbocycles.